The number of aromatic amines is 1. The average molecular weight is 263 g/mol. The van der Waals surface area contributed by atoms with Crippen LogP contribution >= 0.6 is 0 Å². The molecule has 2 heteroatoms. The van der Waals surface area contributed by atoms with E-state index in [0.717, 1.165) is 16.8 Å². The standard InChI is InChI=1S/C18H17NO/c1-18(2,3)11-8-9-14-13(10-11)16-12-6-4-5-7-15(12)20-17(16)19-14/h4-10,19H,1-3H3. The molecular weight excluding hydrogens is 246 g/mol. The minimum atomic E-state index is 0.150. The molecule has 100 valence electrons. The Morgan fingerprint density at radius 1 is 0.950 bits per heavy atom. The van der Waals surface area contributed by atoms with Crippen molar-refractivity contribution in [3.05, 3.63) is 48.0 Å². The lowest BCUT2D eigenvalue weighted by molar-refractivity contribution is 0.591. The molecule has 20 heavy (non-hydrogen) atoms. The third kappa shape index (κ3) is 1.51. The molecule has 0 saturated heterocycles. The Bertz CT molecular complexity index is 934. The van der Waals surface area contributed by atoms with E-state index in [4.69, 9.17) is 4.42 Å². The highest BCUT2D eigenvalue weighted by atomic mass is 16.3. The molecule has 0 saturated carbocycles. The second-order valence-electron chi connectivity index (χ2n) is 6.44. The van der Waals surface area contributed by atoms with Gasteiger partial charge in [0.25, 0.3) is 0 Å². The summed E-state index contributed by atoms with van der Waals surface area (Å²) in [5, 5.41) is 3.62. The van der Waals surface area contributed by atoms with E-state index >= 15 is 0 Å². The third-order valence-electron chi connectivity index (χ3n) is 4.00. The van der Waals surface area contributed by atoms with E-state index in [1.807, 2.05) is 12.1 Å². The molecule has 0 aliphatic carbocycles. The lowest BCUT2D eigenvalue weighted by atomic mass is 9.86. The highest BCUT2D eigenvalue weighted by Gasteiger charge is 2.17. The second-order valence-corrected chi connectivity index (χ2v) is 6.44. The summed E-state index contributed by atoms with van der Waals surface area (Å²) in [6, 6.07) is 14.8. The Labute approximate surface area is 117 Å². The van der Waals surface area contributed by atoms with Crippen molar-refractivity contribution in [2.75, 3.05) is 0 Å². The summed E-state index contributed by atoms with van der Waals surface area (Å²) in [4.78, 5) is 3.38. The van der Waals surface area contributed by atoms with Crippen molar-refractivity contribution in [3.8, 4) is 0 Å². The molecule has 2 heterocycles. The minimum absolute atomic E-state index is 0.150. The van der Waals surface area contributed by atoms with Crippen LogP contribution in [0.2, 0.25) is 0 Å². The number of nitrogens with one attached hydrogen (secondary N) is 1. The number of H-pyrrole nitrogens is 1. The van der Waals surface area contributed by atoms with Gasteiger partial charge < -0.3 is 9.40 Å². The fourth-order valence-electron chi connectivity index (χ4n) is 2.85. The SMILES string of the molecule is CC(C)(C)c1ccc2[nH]c3oc4ccccc4c3c2c1. The summed E-state index contributed by atoms with van der Waals surface area (Å²) in [6.07, 6.45) is 0. The number of aromatic nitrogens is 1. The van der Waals surface area contributed by atoms with Gasteiger partial charge in [0, 0.05) is 16.3 Å². The van der Waals surface area contributed by atoms with Gasteiger partial charge in [0.15, 0.2) is 0 Å². The van der Waals surface area contributed by atoms with Gasteiger partial charge in [0.2, 0.25) is 5.71 Å². The van der Waals surface area contributed by atoms with Gasteiger partial charge in [-0.3, -0.25) is 0 Å². The Morgan fingerprint density at radius 2 is 1.75 bits per heavy atom. The lowest BCUT2D eigenvalue weighted by Crippen LogP contribution is -2.10. The van der Waals surface area contributed by atoms with Crippen molar-refractivity contribution >= 4 is 33.0 Å². The third-order valence-corrected chi connectivity index (χ3v) is 4.00. The molecule has 4 aromatic rings. The smallest absolute Gasteiger partial charge is 0.206 e. The first-order chi connectivity index (χ1) is 9.54. The van der Waals surface area contributed by atoms with Crippen LogP contribution in [0.15, 0.2) is 46.9 Å². The normalized spacial score (nSPS) is 12.8. The van der Waals surface area contributed by atoms with Crippen molar-refractivity contribution in [3.63, 3.8) is 0 Å². The Morgan fingerprint density at radius 3 is 2.55 bits per heavy atom. The first kappa shape index (κ1) is 11.6. The molecule has 2 nitrogen and oxygen atoms in total. The molecule has 0 amide bonds. The largest absolute Gasteiger partial charge is 0.440 e. The maximum atomic E-state index is 5.91. The quantitative estimate of drug-likeness (QED) is 0.454. The van der Waals surface area contributed by atoms with E-state index in [9.17, 15) is 0 Å². The van der Waals surface area contributed by atoms with Gasteiger partial charge in [-0.2, -0.15) is 0 Å². The molecule has 1 N–H and O–H groups in total. The van der Waals surface area contributed by atoms with Gasteiger partial charge in [0.05, 0.1) is 5.39 Å². The minimum Gasteiger partial charge on any atom is -0.440 e. The first-order valence-electron chi connectivity index (χ1n) is 6.97. The van der Waals surface area contributed by atoms with Crippen LogP contribution in [0.5, 0.6) is 0 Å². The highest BCUT2D eigenvalue weighted by Crippen LogP contribution is 2.36. The number of fused-ring (bicyclic) bond motifs is 5. The number of para-hydroxylation sites is 1. The van der Waals surface area contributed by atoms with Crippen LogP contribution in [-0.2, 0) is 5.41 Å². The van der Waals surface area contributed by atoms with Gasteiger partial charge in [-0.15, -0.1) is 0 Å². The molecule has 0 fully saturated rings. The zero-order valence-corrected chi connectivity index (χ0v) is 11.9. The molecule has 0 aliphatic rings. The van der Waals surface area contributed by atoms with Gasteiger partial charge in [-0.1, -0.05) is 45.0 Å². The fourth-order valence-corrected chi connectivity index (χ4v) is 2.85. The summed E-state index contributed by atoms with van der Waals surface area (Å²) in [6.45, 7) is 6.72. The van der Waals surface area contributed by atoms with E-state index in [1.165, 1.54) is 21.7 Å². The lowest BCUT2D eigenvalue weighted by Gasteiger charge is -2.18. The highest BCUT2D eigenvalue weighted by molar-refractivity contribution is 6.18. The summed E-state index contributed by atoms with van der Waals surface area (Å²) >= 11 is 0. The molecule has 0 bridgehead atoms. The van der Waals surface area contributed by atoms with E-state index in [2.05, 4.69) is 56.1 Å². The molecular formula is C18H17NO. The Balaban J connectivity index is 2.16. The van der Waals surface area contributed by atoms with E-state index < -0.39 is 0 Å². The predicted octanol–water partition coefficient (Wildman–Crippen LogP) is 5.36. The molecule has 0 atom stereocenters. The van der Waals surface area contributed by atoms with Crippen molar-refractivity contribution in [1.29, 1.82) is 0 Å². The van der Waals surface area contributed by atoms with E-state index in [1.54, 1.807) is 0 Å². The molecule has 4 rings (SSSR count). The molecule has 2 aromatic heterocycles. The van der Waals surface area contributed by atoms with Gasteiger partial charge in [-0.25, -0.2) is 0 Å². The van der Waals surface area contributed by atoms with Crippen LogP contribution < -0.4 is 0 Å². The Hall–Kier alpha value is -2.22. The number of rotatable bonds is 0. The maximum absolute atomic E-state index is 5.91. The number of furan rings is 1. The van der Waals surface area contributed by atoms with E-state index in [0.29, 0.717) is 0 Å². The summed E-state index contributed by atoms with van der Waals surface area (Å²) < 4.78 is 5.91. The van der Waals surface area contributed by atoms with Crippen LogP contribution in [0.4, 0.5) is 0 Å². The number of hydrogen-bond acceptors (Lipinski definition) is 1. The molecule has 0 spiro atoms. The number of benzene rings is 2. The summed E-state index contributed by atoms with van der Waals surface area (Å²) in [7, 11) is 0. The zero-order valence-electron chi connectivity index (χ0n) is 11.9. The molecule has 0 radical (unpaired) electrons. The molecule has 0 aliphatic heterocycles. The van der Waals surface area contributed by atoms with Crippen LogP contribution in [0.1, 0.15) is 26.3 Å². The van der Waals surface area contributed by atoms with Crippen molar-refractivity contribution in [1.82, 2.24) is 4.98 Å². The predicted molar refractivity (Wildman–Crippen MR) is 84.3 cm³/mol. The van der Waals surface area contributed by atoms with Crippen LogP contribution in [0.3, 0.4) is 0 Å². The van der Waals surface area contributed by atoms with Crippen LogP contribution in [-0.4, -0.2) is 4.98 Å². The first-order valence-corrected chi connectivity index (χ1v) is 6.97. The van der Waals surface area contributed by atoms with Crippen molar-refractivity contribution in [2.24, 2.45) is 0 Å². The average Bonchev–Trinajstić information content (AvgIpc) is 2.91. The molecule has 2 aromatic carbocycles. The number of hydrogen-bond donors (Lipinski definition) is 1. The topological polar surface area (TPSA) is 28.9 Å². The summed E-state index contributed by atoms with van der Waals surface area (Å²) in [5.41, 5.74) is 4.44. The van der Waals surface area contributed by atoms with E-state index in [-0.39, 0.29) is 5.41 Å². The summed E-state index contributed by atoms with van der Waals surface area (Å²) in [5.74, 6) is 0. The second kappa shape index (κ2) is 3.66. The van der Waals surface area contributed by atoms with Gasteiger partial charge in [0.1, 0.15) is 5.58 Å². The monoisotopic (exact) mass is 263 g/mol. The van der Waals surface area contributed by atoms with Crippen molar-refractivity contribution < 1.29 is 4.42 Å². The van der Waals surface area contributed by atoms with Gasteiger partial charge >= 0.3 is 0 Å². The fraction of sp³-hybridized carbons (Fsp3) is 0.222. The zero-order chi connectivity index (χ0) is 13.9. The molecule has 0 unspecified atom stereocenters. The maximum Gasteiger partial charge on any atom is 0.206 e. The van der Waals surface area contributed by atoms with Crippen LogP contribution in [0, 0.1) is 0 Å². The van der Waals surface area contributed by atoms with Crippen LogP contribution in [0.25, 0.3) is 33.0 Å². The van der Waals surface area contributed by atoms with Crippen molar-refractivity contribution in [2.45, 2.75) is 26.2 Å². The Kier molecular flexibility index (Phi) is 2.12. The van der Waals surface area contributed by atoms with Gasteiger partial charge in [-0.05, 0) is 29.2 Å².